The lowest BCUT2D eigenvalue weighted by molar-refractivity contribution is 0.289. The summed E-state index contributed by atoms with van der Waals surface area (Å²) in [6.45, 7) is 3.68. The standard InChI is InChI=1S/C31H27BrCl2N4O2S/c1-2-39-23-13-11-22(12-14-23)35-30(41)29-28(19-6-8-20(32)9-7-19)24-5-3-4-16-37-27(36-38(29)31(24)37)18-40-26-15-10-21(33)17-25(26)34/h6-15,17H,2-5,16,18H2,1H3,(H,35,41). The van der Waals surface area contributed by atoms with Crippen molar-refractivity contribution in [1.82, 2.24) is 14.2 Å². The average molecular weight is 670 g/mol. The lowest BCUT2D eigenvalue weighted by Crippen LogP contribution is -2.15. The van der Waals surface area contributed by atoms with Gasteiger partial charge in [-0.2, -0.15) is 0 Å². The van der Waals surface area contributed by atoms with Crippen molar-refractivity contribution in [3.8, 4) is 22.6 Å². The number of nitrogens with one attached hydrogen (secondary N) is 1. The Morgan fingerprint density at radius 3 is 2.54 bits per heavy atom. The second kappa shape index (κ2) is 12.1. The molecule has 0 amide bonds. The van der Waals surface area contributed by atoms with Crippen LogP contribution in [0.15, 0.2) is 71.2 Å². The van der Waals surface area contributed by atoms with Crippen LogP contribution in [0.3, 0.4) is 0 Å². The van der Waals surface area contributed by atoms with E-state index in [0.717, 1.165) is 70.0 Å². The topological polar surface area (TPSA) is 52.7 Å². The Balaban J connectivity index is 1.45. The number of aryl methyl sites for hydroxylation is 2. The largest absolute Gasteiger partial charge is 0.494 e. The third kappa shape index (κ3) is 5.71. The summed E-state index contributed by atoms with van der Waals surface area (Å²) in [7, 11) is 0. The second-order valence-electron chi connectivity index (χ2n) is 9.74. The van der Waals surface area contributed by atoms with Gasteiger partial charge in [-0.05, 0) is 86.3 Å². The molecule has 1 aliphatic heterocycles. The molecule has 10 heteroatoms. The summed E-state index contributed by atoms with van der Waals surface area (Å²) in [5.74, 6) is 2.19. The molecule has 0 saturated heterocycles. The van der Waals surface area contributed by atoms with E-state index in [-0.39, 0.29) is 6.61 Å². The van der Waals surface area contributed by atoms with E-state index >= 15 is 0 Å². The van der Waals surface area contributed by atoms with Gasteiger partial charge in [-0.1, -0.05) is 63.5 Å². The van der Waals surface area contributed by atoms with Crippen LogP contribution in [0.2, 0.25) is 10.0 Å². The smallest absolute Gasteiger partial charge is 0.169 e. The molecule has 3 heterocycles. The van der Waals surface area contributed by atoms with Gasteiger partial charge in [-0.3, -0.25) is 0 Å². The molecule has 5 aromatic rings. The highest BCUT2D eigenvalue weighted by Gasteiger charge is 2.29. The fraction of sp³-hybridized carbons (Fsp3) is 0.226. The number of aromatic nitrogens is 3. The van der Waals surface area contributed by atoms with E-state index in [1.54, 1.807) is 18.2 Å². The van der Waals surface area contributed by atoms with E-state index in [9.17, 15) is 0 Å². The highest BCUT2D eigenvalue weighted by atomic mass is 79.9. The van der Waals surface area contributed by atoms with Crippen molar-refractivity contribution in [2.24, 2.45) is 0 Å². The number of ether oxygens (including phenoxy) is 2. The Morgan fingerprint density at radius 2 is 1.80 bits per heavy atom. The molecule has 1 N–H and O–H groups in total. The third-order valence-corrected chi connectivity index (χ3v) is 8.44. The van der Waals surface area contributed by atoms with Crippen LogP contribution in [0.1, 0.15) is 36.8 Å². The van der Waals surface area contributed by atoms with Gasteiger partial charge in [-0.15, -0.1) is 5.10 Å². The first kappa shape index (κ1) is 28.1. The van der Waals surface area contributed by atoms with Crippen molar-refractivity contribution in [2.75, 3.05) is 11.9 Å². The van der Waals surface area contributed by atoms with Crippen LogP contribution >= 0.6 is 51.3 Å². The number of anilines is 1. The number of benzene rings is 3. The number of nitrogens with zero attached hydrogens (tertiary/aromatic N) is 3. The maximum Gasteiger partial charge on any atom is 0.169 e. The minimum atomic E-state index is 0.259. The van der Waals surface area contributed by atoms with E-state index in [0.29, 0.717) is 27.4 Å². The zero-order valence-electron chi connectivity index (χ0n) is 22.3. The molecule has 2 aromatic heterocycles. The van der Waals surface area contributed by atoms with Crippen LogP contribution in [0.5, 0.6) is 11.5 Å². The Kier molecular flexibility index (Phi) is 8.26. The minimum absolute atomic E-state index is 0.259. The highest BCUT2D eigenvalue weighted by molar-refractivity contribution is 9.10. The maximum atomic E-state index is 6.38. The van der Waals surface area contributed by atoms with Gasteiger partial charge in [0, 0.05) is 32.9 Å². The van der Waals surface area contributed by atoms with E-state index in [1.165, 1.54) is 5.56 Å². The number of hydrogen-bond acceptors (Lipinski definition) is 4. The normalized spacial score (nSPS) is 12.8. The van der Waals surface area contributed by atoms with Crippen molar-refractivity contribution in [3.63, 3.8) is 0 Å². The second-order valence-corrected chi connectivity index (χ2v) is 11.9. The molecule has 0 unspecified atom stereocenters. The first-order valence-corrected chi connectivity index (χ1v) is 15.4. The summed E-state index contributed by atoms with van der Waals surface area (Å²) in [4.78, 5) is 0.590. The first-order valence-electron chi connectivity index (χ1n) is 13.4. The monoisotopic (exact) mass is 668 g/mol. The zero-order chi connectivity index (χ0) is 28.5. The van der Waals surface area contributed by atoms with Crippen molar-refractivity contribution in [1.29, 1.82) is 0 Å². The summed E-state index contributed by atoms with van der Waals surface area (Å²) in [6, 6.07) is 21.4. The van der Waals surface area contributed by atoms with Crippen LogP contribution in [0, 0.1) is 0 Å². The van der Waals surface area contributed by atoms with Crippen LogP contribution in [0.25, 0.3) is 16.8 Å². The Hall–Kier alpha value is -3.04. The summed E-state index contributed by atoms with van der Waals surface area (Å²) >= 11 is 22.1. The minimum Gasteiger partial charge on any atom is -0.494 e. The number of hydrogen-bond donors (Lipinski definition) is 1. The van der Waals surface area contributed by atoms with Crippen molar-refractivity contribution in [3.05, 3.63) is 98.3 Å². The molecule has 6 rings (SSSR count). The van der Waals surface area contributed by atoms with Crippen molar-refractivity contribution < 1.29 is 9.47 Å². The van der Waals surface area contributed by atoms with E-state index in [4.69, 9.17) is 50.0 Å². The molecule has 6 nitrogen and oxygen atoms in total. The van der Waals surface area contributed by atoms with Crippen LogP contribution in [-0.4, -0.2) is 25.8 Å². The van der Waals surface area contributed by atoms with Gasteiger partial charge in [0.1, 0.15) is 34.4 Å². The molecule has 0 spiro atoms. The van der Waals surface area contributed by atoms with Gasteiger partial charge < -0.3 is 19.4 Å². The van der Waals surface area contributed by atoms with Gasteiger partial charge in [-0.25, -0.2) is 4.52 Å². The molecule has 3 aromatic carbocycles. The van der Waals surface area contributed by atoms with Crippen LogP contribution < -0.4 is 14.8 Å². The number of rotatable bonds is 8. The summed E-state index contributed by atoms with van der Waals surface area (Å²) < 4.78 is 17.0. The molecule has 0 fully saturated rings. The molecule has 0 atom stereocenters. The lowest BCUT2D eigenvalue weighted by atomic mass is 9.98. The van der Waals surface area contributed by atoms with E-state index in [2.05, 4.69) is 50.1 Å². The number of halogens is 3. The molecule has 0 radical (unpaired) electrons. The summed E-state index contributed by atoms with van der Waals surface area (Å²) in [6.07, 6.45) is 3.03. The average Bonchev–Trinajstić information content (AvgIpc) is 3.36. The Bertz CT molecular complexity index is 1730. The molecular formula is C31H27BrCl2N4O2S. The predicted octanol–water partition coefficient (Wildman–Crippen LogP) is 8.97. The molecule has 0 bridgehead atoms. The number of thiocarbonyl (C=S) groups is 1. The SMILES string of the molecule is CCOc1ccc(NC(=S)c2c(-c3ccc(Br)cc3)c3c4n(c(COc5ccc(Cl)cc5Cl)nn24)CCCC3)cc1. The van der Waals surface area contributed by atoms with E-state index < -0.39 is 0 Å². The van der Waals surface area contributed by atoms with Gasteiger partial charge >= 0.3 is 0 Å². The first-order chi connectivity index (χ1) is 19.9. The highest BCUT2D eigenvalue weighted by Crippen LogP contribution is 2.38. The molecule has 41 heavy (non-hydrogen) atoms. The van der Waals surface area contributed by atoms with Gasteiger partial charge in [0.05, 0.1) is 11.6 Å². The van der Waals surface area contributed by atoms with Crippen LogP contribution in [-0.2, 0) is 19.6 Å². The van der Waals surface area contributed by atoms with Crippen molar-refractivity contribution >= 4 is 67.7 Å². The fourth-order valence-corrected chi connectivity index (χ4v) is 6.31. The zero-order valence-corrected chi connectivity index (χ0v) is 26.2. The summed E-state index contributed by atoms with van der Waals surface area (Å²) in [5.41, 5.74) is 6.22. The predicted molar refractivity (Wildman–Crippen MR) is 173 cm³/mol. The molecule has 0 saturated carbocycles. The van der Waals surface area contributed by atoms with Crippen molar-refractivity contribution in [2.45, 2.75) is 39.3 Å². The fourth-order valence-electron chi connectivity index (χ4n) is 5.27. The van der Waals surface area contributed by atoms with Gasteiger partial charge in [0.2, 0.25) is 0 Å². The maximum absolute atomic E-state index is 6.38. The van der Waals surface area contributed by atoms with E-state index in [1.807, 2.05) is 35.7 Å². The molecule has 210 valence electrons. The molecule has 1 aliphatic rings. The lowest BCUT2D eigenvalue weighted by Gasteiger charge is -2.12. The molecule has 0 aliphatic carbocycles. The Labute approximate surface area is 262 Å². The molecular weight excluding hydrogens is 643 g/mol. The third-order valence-electron chi connectivity index (χ3n) is 7.08. The van der Waals surface area contributed by atoms with Gasteiger partial charge in [0.15, 0.2) is 5.82 Å². The Morgan fingerprint density at radius 1 is 1.02 bits per heavy atom. The van der Waals surface area contributed by atoms with Gasteiger partial charge in [0.25, 0.3) is 0 Å². The summed E-state index contributed by atoms with van der Waals surface area (Å²) in [5, 5.41) is 9.56. The van der Waals surface area contributed by atoms with Crippen LogP contribution in [0.4, 0.5) is 5.69 Å². The quantitative estimate of drug-likeness (QED) is 0.167.